The summed E-state index contributed by atoms with van der Waals surface area (Å²) in [4.78, 5) is 24.7. The average Bonchev–Trinajstić information content (AvgIpc) is 3.16. The highest BCUT2D eigenvalue weighted by molar-refractivity contribution is 6.62. The Morgan fingerprint density at radius 1 is 1.00 bits per heavy atom. The molecule has 2 atom stereocenters. The Hall–Kier alpha value is -1.66. The van der Waals surface area contributed by atoms with Gasteiger partial charge in [0.25, 0.3) is 0 Å². The van der Waals surface area contributed by atoms with Gasteiger partial charge in [-0.2, -0.15) is 0 Å². The number of Topliss-reactive ketones (excluding diaryl/α,β-unsaturated/α-hetero) is 1. The van der Waals surface area contributed by atoms with E-state index in [0.717, 1.165) is 24.7 Å². The minimum absolute atomic E-state index is 0.0124. The third-order valence-corrected chi connectivity index (χ3v) is 6.08. The first-order chi connectivity index (χ1) is 12.2. The van der Waals surface area contributed by atoms with E-state index in [1.807, 2.05) is 39.8 Å². The highest BCUT2D eigenvalue weighted by Crippen LogP contribution is 2.37. The van der Waals surface area contributed by atoms with Gasteiger partial charge < -0.3 is 14.0 Å². The van der Waals surface area contributed by atoms with E-state index in [-0.39, 0.29) is 23.6 Å². The van der Waals surface area contributed by atoms with E-state index in [9.17, 15) is 9.59 Å². The predicted octanol–water partition coefficient (Wildman–Crippen LogP) is 2.76. The van der Waals surface area contributed by atoms with Crippen LogP contribution in [0.15, 0.2) is 24.3 Å². The molecule has 5 nitrogen and oxygen atoms in total. The fraction of sp³-hybridized carbons (Fsp3) is 0.600. The molecule has 2 aliphatic rings. The van der Waals surface area contributed by atoms with E-state index in [1.165, 1.54) is 7.11 Å². The van der Waals surface area contributed by atoms with E-state index >= 15 is 0 Å². The molecule has 3 rings (SSSR count). The molecule has 1 unspecified atom stereocenters. The van der Waals surface area contributed by atoms with Gasteiger partial charge in [0, 0.05) is 11.5 Å². The molecule has 26 heavy (non-hydrogen) atoms. The molecule has 1 aromatic carbocycles. The van der Waals surface area contributed by atoms with Crippen LogP contribution in [0.2, 0.25) is 0 Å². The molecule has 1 aliphatic heterocycles. The van der Waals surface area contributed by atoms with Crippen LogP contribution >= 0.6 is 0 Å². The summed E-state index contributed by atoms with van der Waals surface area (Å²) in [5, 5.41) is 0. The number of rotatable bonds is 4. The summed E-state index contributed by atoms with van der Waals surface area (Å²) in [6.45, 7) is 8.05. The second-order valence-corrected chi connectivity index (χ2v) is 8.24. The normalized spacial score (nSPS) is 26.7. The third kappa shape index (κ3) is 3.32. The minimum atomic E-state index is -0.446. The van der Waals surface area contributed by atoms with Crippen molar-refractivity contribution in [1.82, 2.24) is 0 Å². The Balaban J connectivity index is 1.74. The first-order valence-corrected chi connectivity index (χ1v) is 9.24. The fourth-order valence-electron chi connectivity index (χ4n) is 3.71. The van der Waals surface area contributed by atoms with Crippen molar-refractivity contribution < 1.29 is 23.6 Å². The molecule has 6 heteroatoms. The Morgan fingerprint density at radius 2 is 1.54 bits per heavy atom. The lowest BCUT2D eigenvalue weighted by atomic mass is 9.78. The van der Waals surface area contributed by atoms with Crippen LogP contribution in [0, 0.1) is 11.8 Å². The van der Waals surface area contributed by atoms with Gasteiger partial charge in [-0.05, 0) is 46.0 Å². The molecule has 1 saturated carbocycles. The predicted molar refractivity (Wildman–Crippen MR) is 99.3 cm³/mol. The molecule has 2 fully saturated rings. The smallest absolute Gasteiger partial charge is 0.469 e. The number of esters is 1. The lowest BCUT2D eigenvalue weighted by Gasteiger charge is -2.32. The van der Waals surface area contributed by atoms with Crippen molar-refractivity contribution in [3.63, 3.8) is 0 Å². The third-order valence-electron chi connectivity index (χ3n) is 6.08. The number of carbonyl (C=O) groups is 2. The second-order valence-electron chi connectivity index (χ2n) is 8.24. The summed E-state index contributed by atoms with van der Waals surface area (Å²) < 4.78 is 16.9. The zero-order valence-corrected chi connectivity index (χ0v) is 16.2. The summed E-state index contributed by atoms with van der Waals surface area (Å²) in [6, 6.07) is 7.35. The zero-order chi connectivity index (χ0) is 19.1. The monoisotopic (exact) mass is 358 g/mol. The van der Waals surface area contributed by atoms with Crippen LogP contribution in [0.3, 0.4) is 0 Å². The van der Waals surface area contributed by atoms with Crippen LogP contribution in [0.1, 0.15) is 57.3 Å². The van der Waals surface area contributed by atoms with Crippen LogP contribution in [0.4, 0.5) is 0 Å². The van der Waals surface area contributed by atoms with E-state index < -0.39 is 18.3 Å². The Kier molecular flexibility index (Phi) is 5.01. The number of methoxy groups -OCH3 is 1. The minimum Gasteiger partial charge on any atom is -0.469 e. The van der Waals surface area contributed by atoms with Crippen molar-refractivity contribution in [2.24, 2.45) is 11.8 Å². The largest absolute Gasteiger partial charge is 0.494 e. The summed E-state index contributed by atoms with van der Waals surface area (Å²) >= 11 is 0. The molecular formula is C20H27BO5. The topological polar surface area (TPSA) is 61.8 Å². The molecule has 0 N–H and O–H groups in total. The molecular weight excluding hydrogens is 331 g/mol. The summed E-state index contributed by atoms with van der Waals surface area (Å²) in [6.07, 6.45) is 2.33. The summed E-state index contributed by atoms with van der Waals surface area (Å²) in [5.74, 6) is -0.881. The van der Waals surface area contributed by atoms with Crippen LogP contribution in [-0.2, 0) is 18.8 Å². The number of hydrogen-bond donors (Lipinski definition) is 0. The van der Waals surface area contributed by atoms with Crippen molar-refractivity contribution in [3.05, 3.63) is 29.8 Å². The molecule has 1 aliphatic carbocycles. The first-order valence-electron chi connectivity index (χ1n) is 9.24. The van der Waals surface area contributed by atoms with Crippen molar-refractivity contribution >= 4 is 24.3 Å². The van der Waals surface area contributed by atoms with Crippen molar-refractivity contribution in [2.45, 2.75) is 58.2 Å². The first kappa shape index (κ1) is 19.1. The zero-order valence-electron chi connectivity index (χ0n) is 16.2. The van der Waals surface area contributed by atoms with Crippen molar-refractivity contribution in [3.8, 4) is 0 Å². The fourth-order valence-corrected chi connectivity index (χ4v) is 3.71. The van der Waals surface area contributed by atoms with E-state index in [1.54, 1.807) is 12.1 Å². The molecule has 0 amide bonds. The van der Waals surface area contributed by atoms with E-state index in [2.05, 4.69) is 0 Å². The Bertz CT molecular complexity index is 679. The van der Waals surface area contributed by atoms with E-state index in [0.29, 0.717) is 5.56 Å². The molecule has 0 spiro atoms. The number of ketones is 1. The summed E-state index contributed by atoms with van der Waals surface area (Å²) in [5.41, 5.74) is 0.704. The molecule has 1 aromatic rings. The van der Waals surface area contributed by atoms with Gasteiger partial charge in [0.05, 0.1) is 24.2 Å². The van der Waals surface area contributed by atoms with Gasteiger partial charge in [-0.3, -0.25) is 9.59 Å². The molecule has 0 radical (unpaired) electrons. The van der Waals surface area contributed by atoms with Crippen LogP contribution in [-0.4, -0.2) is 37.2 Å². The Labute approximate surface area is 155 Å². The molecule has 1 saturated heterocycles. The maximum atomic E-state index is 12.8. The molecule has 1 heterocycles. The van der Waals surface area contributed by atoms with E-state index in [4.69, 9.17) is 14.0 Å². The van der Waals surface area contributed by atoms with Gasteiger partial charge in [-0.1, -0.05) is 30.7 Å². The number of benzene rings is 1. The molecule has 140 valence electrons. The maximum Gasteiger partial charge on any atom is 0.494 e. The van der Waals surface area contributed by atoms with Crippen LogP contribution in [0.25, 0.3) is 0 Å². The average molecular weight is 358 g/mol. The van der Waals surface area contributed by atoms with Crippen molar-refractivity contribution in [2.75, 3.05) is 7.11 Å². The quantitative estimate of drug-likeness (QED) is 0.471. The maximum absolute atomic E-state index is 12.8. The lowest BCUT2D eigenvalue weighted by molar-refractivity contribution is -0.146. The van der Waals surface area contributed by atoms with Gasteiger partial charge in [-0.15, -0.1) is 0 Å². The van der Waals surface area contributed by atoms with Gasteiger partial charge in [0.2, 0.25) is 0 Å². The summed E-state index contributed by atoms with van der Waals surface area (Å²) in [7, 11) is 0.931. The van der Waals surface area contributed by atoms with Crippen LogP contribution < -0.4 is 5.46 Å². The van der Waals surface area contributed by atoms with Crippen LogP contribution in [0.5, 0.6) is 0 Å². The van der Waals surface area contributed by atoms with Gasteiger partial charge in [0.15, 0.2) is 5.78 Å². The van der Waals surface area contributed by atoms with Gasteiger partial charge in [0.1, 0.15) is 0 Å². The standard InChI is InChI=1S/C20H27BO5/c1-19(2)20(3,4)26-21(25-19)14-11-9-13(10-12-14)17(22)15-7-6-8-16(15)18(23)24-5/h9-12,15-16H,6-8H2,1-5H3/t15?,16-/m1/s1. The number of carbonyl (C=O) groups excluding carboxylic acids is 2. The number of ether oxygens (including phenoxy) is 1. The van der Waals surface area contributed by atoms with Gasteiger partial charge in [-0.25, -0.2) is 0 Å². The molecule has 0 bridgehead atoms. The van der Waals surface area contributed by atoms with Crippen molar-refractivity contribution in [1.29, 1.82) is 0 Å². The second kappa shape index (κ2) is 6.82. The molecule has 0 aromatic heterocycles. The van der Waals surface area contributed by atoms with Gasteiger partial charge >= 0.3 is 13.1 Å². The highest BCUT2D eigenvalue weighted by atomic mass is 16.7. The highest BCUT2D eigenvalue weighted by Gasteiger charge is 2.51. The SMILES string of the molecule is COC(=O)[C@@H]1CCCC1C(=O)c1ccc(B2OC(C)(C)C(C)(C)O2)cc1. The lowest BCUT2D eigenvalue weighted by Crippen LogP contribution is -2.41. The number of hydrogen-bond acceptors (Lipinski definition) is 5. The Morgan fingerprint density at radius 3 is 2.08 bits per heavy atom.